The SMILES string of the molecule is COc1ccccc1CCCCN1CCC(C)(Oc2ccc(Cl)cc2)CC1. The average molecular weight is 388 g/mol. The lowest BCUT2D eigenvalue weighted by molar-refractivity contribution is 0.0164. The number of hydrogen-bond acceptors (Lipinski definition) is 3. The zero-order chi connectivity index (χ0) is 19.1. The van der Waals surface area contributed by atoms with Crippen LogP contribution in [0.2, 0.25) is 5.02 Å². The summed E-state index contributed by atoms with van der Waals surface area (Å²) < 4.78 is 11.7. The van der Waals surface area contributed by atoms with Crippen LogP contribution >= 0.6 is 11.6 Å². The number of halogens is 1. The molecule has 1 aliphatic heterocycles. The van der Waals surface area contributed by atoms with Crippen molar-refractivity contribution < 1.29 is 9.47 Å². The number of benzene rings is 2. The van der Waals surface area contributed by atoms with Crippen molar-refractivity contribution in [1.82, 2.24) is 4.90 Å². The summed E-state index contributed by atoms with van der Waals surface area (Å²) in [7, 11) is 1.75. The molecule has 0 radical (unpaired) electrons. The number of rotatable bonds is 8. The van der Waals surface area contributed by atoms with Crippen molar-refractivity contribution >= 4 is 11.6 Å². The number of unbranched alkanes of at least 4 members (excludes halogenated alkanes) is 1. The maximum atomic E-state index is 6.26. The molecule has 2 aromatic rings. The summed E-state index contributed by atoms with van der Waals surface area (Å²) in [6.07, 6.45) is 5.60. The number of ether oxygens (including phenoxy) is 2. The van der Waals surface area contributed by atoms with E-state index in [-0.39, 0.29) is 5.60 Å². The van der Waals surface area contributed by atoms with Gasteiger partial charge in [-0.1, -0.05) is 29.8 Å². The first kappa shape index (κ1) is 20.0. The normalized spacial score (nSPS) is 16.9. The van der Waals surface area contributed by atoms with Crippen molar-refractivity contribution in [3.63, 3.8) is 0 Å². The number of para-hydroxylation sites is 1. The number of nitrogens with zero attached hydrogens (tertiary/aromatic N) is 1. The minimum atomic E-state index is -0.0816. The highest BCUT2D eigenvalue weighted by molar-refractivity contribution is 6.30. The molecule has 1 aliphatic rings. The van der Waals surface area contributed by atoms with Crippen molar-refractivity contribution in [2.45, 2.75) is 44.6 Å². The molecule has 146 valence electrons. The highest BCUT2D eigenvalue weighted by Gasteiger charge is 2.31. The first-order valence-electron chi connectivity index (χ1n) is 9.87. The molecule has 3 nitrogen and oxygen atoms in total. The smallest absolute Gasteiger partial charge is 0.122 e. The third kappa shape index (κ3) is 5.88. The molecule has 0 aromatic heterocycles. The zero-order valence-corrected chi connectivity index (χ0v) is 17.2. The fourth-order valence-electron chi connectivity index (χ4n) is 3.70. The van der Waals surface area contributed by atoms with E-state index in [1.807, 2.05) is 36.4 Å². The van der Waals surface area contributed by atoms with Gasteiger partial charge in [0.2, 0.25) is 0 Å². The summed E-state index contributed by atoms with van der Waals surface area (Å²) >= 11 is 5.96. The van der Waals surface area contributed by atoms with Gasteiger partial charge in [0.1, 0.15) is 17.1 Å². The maximum Gasteiger partial charge on any atom is 0.122 e. The van der Waals surface area contributed by atoms with Crippen LogP contribution in [0, 0.1) is 0 Å². The van der Waals surface area contributed by atoms with Crippen LogP contribution in [-0.2, 0) is 6.42 Å². The van der Waals surface area contributed by atoms with Gasteiger partial charge in [-0.25, -0.2) is 0 Å². The van der Waals surface area contributed by atoms with Crippen molar-refractivity contribution in [3.05, 3.63) is 59.1 Å². The summed E-state index contributed by atoms with van der Waals surface area (Å²) in [4.78, 5) is 2.56. The van der Waals surface area contributed by atoms with Crippen LogP contribution in [0.25, 0.3) is 0 Å². The third-order valence-electron chi connectivity index (χ3n) is 5.45. The lowest BCUT2D eigenvalue weighted by Crippen LogP contribution is -2.46. The van der Waals surface area contributed by atoms with Crippen LogP contribution in [0.15, 0.2) is 48.5 Å². The Balaban J connectivity index is 1.38. The molecule has 0 amide bonds. The molecule has 1 fully saturated rings. The molecule has 0 atom stereocenters. The van der Waals surface area contributed by atoms with Gasteiger partial charge in [-0.05, 0) is 81.5 Å². The molecular weight excluding hydrogens is 358 g/mol. The molecule has 0 bridgehead atoms. The quantitative estimate of drug-likeness (QED) is 0.550. The topological polar surface area (TPSA) is 21.7 Å². The summed E-state index contributed by atoms with van der Waals surface area (Å²) in [5.41, 5.74) is 1.23. The molecule has 4 heteroatoms. The van der Waals surface area contributed by atoms with Crippen LogP contribution in [-0.4, -0.2) is 37.2 Å². The zero-order valence-electron chi connectivity index (χ0n) is 16.4. The Hall–Kier alpha value is -1.71. The summed E-state index contributed by atoms with van der Waals surface area (Å²) in [6, 6.07) is 16.0. The average Bonchev–Trinajstić information content (AvgIpc) is 2.69. The van der Waals surface area contributed by atoms with E-state index < -0.39 is 0 Å². The van der Waals surface area contributed by atoms with Crippen LogP contribution in [0.1, 0.15) is 38.2 Å². The van der Waals surface area contributed by atoms with Gasteiger partial charge in [-0.15, -0.1) is 0 Å². The summed E-state index contributed by atoms with van der Waals surface area (Å²) in [5, 5.41) is 0.746. The van der Waals surface area contributed by atoms with Crippen molar-refractivity contribution in [1.29, 1.82) is 0 Å². The van der Waals surface area contributed by atoms with Crippen molar-refractivity contribution in [3.8, 4) is 11.5 Å². The van der Waals surface area contributed by atoms with Gasteiger partial charge in [-0.2, -0.15) is 0 Å². The minimum Gasteiger partial charge on any atom is -0.496 e. The van der Waals surface area contributed by atoms with Gasteiger partial charge in [0.25, 0.3) is 0 Å². The van der Waals surface area contributed by atoms with Crippen LogP contribution < -0.4 is 9.47 Å². The van der Waals surface area contributed by atoms with E-state index in [0.29, 0.717) is 0 Å². The molecule has 0 saturated carbocycles. The molecule has 0 N–H and O–H groups in total. The predicted molar refractivity (Wildman–Crippen MR) is 112 cm³/mol. The van der Waals surface area contributed by atoms with E-state index in [4.69, 9.17) is 21.1 Å². The molecule has 0 spiro atoms. The Morgan fingerprint density at radius 3 is 2.41 bits per heavy atom. The van der Waals surface area contributed by atoms with Gasteiger partial charge < -0.3 is 14.4 Å². The molecule has 2 aromatic carbocycles. The first-order chi connectivity index (χ1) is 13.1. The Morgan fingerprint density at radius 2 is 1.70 bits per heavy atom. The van der Waals surface area contributed by atoms with Crippen LogP contribution in [0.3, 0.4) is 0 Å². The monoisotopic (exact) mass is 387 g/mol. The second kappa shape index (κ2) is 9.48. The summed E-state index contributed by atoms with van der Waals surface area (Å²) in [5.74, 6) is 1.91. The van der Waals surface area contributed by atoms with Gasteiger partial charge in [-0.3, -0.25) is 0 Å². The Bertz CT molecular complexity index is 709. The first-order valence-corrected chi connectivity index (χ1v) is 10.2. The molecule has 0 aliphatic carbocycles. The van der Waals surface area contributed by atoms with E-state index in [0.717, 1.165) is 55.4 Å². The maximum absolute atomic E-state index is 6.26. The van der Waals surface area contributed by atoms with Gasteiger partial charge in [0.15, 0.2) is 0 Å². The molecule has 1 saturated heterocycles. The molecule has 27 heavy (non-hydrogen) atoms. The van der Waals surface area contributed by atoms with E-state index in [1.54, 1.807) is 7.11 Å². The van der Waals surface area contributed by atoms with Gasteiger partial charge in [0.05, 0.1) is 7.11 Å². The highest BCUT2D eigenvalue weighted by Crippen LogP contribution is 2.29. The molecular formula is C23H30ClNO2. The van der Waals surface area contributed by atoms with E-state index in [1.165, 1.54) is 18.4 Å². The number of aryl methyl sites for hydroxylation is 1. The van der Waals surface area contributed by atoms with Crippen LogP contribution in [0.5, 0.6) is 11.5 Å². The van der Waals surface area contributed by atoms with E-state index in [9.17, 15) is 0 Å². The summed E-state index contributed by atoms with van der Waals surface area (Å²) in [6.45, 7) is 5.57. The number of methoxy groups -OCH3 is 1. The molecule has 0 unspecified atom stereocenters. The number of likely N-dealkylation sites (tertiary alicyclic amines) is 1. The molecule has 3 rings (SSSR count). The van der Waals surface area contributed by atoms with Crippen LogP contribution in [0.4, 0.5) is 0 Å². The highest BCUT2D eigenvalue weighted by atomic mass is 35.5. The second-order valence-corrected chi connectivity index (χ2v) is 8.05. The Morgan fingerprint density at radius 1 is 1.00 bits per heavy atom. The molecule has 1 heterocycles. The number of piperidine rings is 1. The van der Waals surface area contributed by atoms with Crippen molar-refractivity contribution in [2.75, 3.05) is 26.7 Å². The fourth-order valence-corrected chi connectivity index (χ4v) is 3.83. The van der Waals surface area contributed by atoms with Gasteiger partial charge in [0, 0.05) is 18.1 Å². The standard InChI is InChI=1S/C23H30ClNO2/c1-23(27-21-12-10-20(24)11-13-21)14-17-25(18-15-23)16-6-5-8-19-7-3-4-9-22(19)26-2/h3-4,7,9-13H,5-6,8,14-18H2,1-2H3. The van der Waals surface area contributed by atoms with Crippen molar-refractivity contribution in [2.24, 2.45) is 0 Å². The second-order valence-electron chi connectivity index (χ2n) is 7.62. The lowest BCUT2D eigenvalue weighted by atomic mass is 9.93. The Kier molecular flexibility index (Phi) is 7.03. The van der Waals surface area contributed by atoms with Gasteiger partial charge >= 0.3 is 0 Å². The minimum absolute atomic E-state index is 0.0816. The fraction of sp³-hybridized carbons (Fsp3) is 0.478. The largest absolute Gasteiger partial charge is 0.496 e. The van der Waals surface area contributed by atoms with E-state index >= 15 is 0 Å². The Labute approximate surface area is 168 Å². The third-order valence-corrected chi connectivity index (χ3v) is 5.71. The predicted octanol–water partition coefficient (Wildman–Crippen LogP) is 5.60. The number of hydrogen-bond donors (Lipinski definition) is 0. The lowest BCUT2D eigenvalue weighted by Gasteiger charge is -2.39. The van der Waals surface area contributed by atoms with E-state index in [2.05, 4.69) is 24.0 Å².